The van der Waals surface area contributed by atoms with Crippen molar-refractivity contribution < 1.29 is 0 Å². The molecule has 0 spiro atoms. The maximum Gasteiger partial charge on any atom is 0.0569 e. The second-order valence-electron chi connectivity index (χ2n) is 4.52. The van der Waals surface area contributed by atoms with Crippen LogP contribution < -0.4 is 10.6 Å². The smallest absolute Gasteiger partial charge is 0.0569 e. The molecule has 2 N–H and O–H groups in total. The second kappa shape index (κ2) is 5.85. The Balaban J connectivity index is 2.85. The van der Waals surface area contributed by atoms with Crippen molar-refractivity contribution in [2.24, 2.45) is 5.73 Å². The standard InChI is InChI=1S/C13H23N3/c1-5-8-16(10(2)3)12-6-7-13(11(4)14)15-9-12/h6-7,9-11H,5,8,14H2,1-4H3/t11-/m1/s1. The van der Waals surface area contributed by atoms with Gasteiger partial charge in [0.15, 0.2) is 0 Å². The van der Waals surface area contributed by atoms with Crippen molar-refractivity contribution in [2.45, 2.75) is 46.2 Å². The minimum Gasteiger partial charge on any atom is -0.368 e. The molecule has 3 nitrogen and oxygen atoms in total. The largest absolute Gasteiger partial charge is 0.368 e. The molecule has 0 saturated heterocycles. The van der Waals surface area contributed by atoms with Gasteiger partial charge in [-0.25, -0.2) is 0 Å². The van der Waals surface area contributed by atoms with Crippen LogP contribution in [0.25, 0.3) is 0 Å². The van der Waals surface area contributed by atoms with Crippen LogP contribution in [-0.2, 0) is 0 Å². The normalized spacial score (nSPS) is 12.9. The van der Waals surface area contributed by atoms with Crippen LogP contribution in [-0.4, -0.2) is 17.6 Å². The number of hydrogen-bond acceptors (Lipinski definition) is 3. The van der Waals surface area contributed by atoms with Gasteiger partial charge in [-0.1, -0.05) is 6.92 Å². The molecule has 1 heterocycles. The summed E-state index contributed by atoms with van der Waals surface area (Å²) < 4.78 is 0. The molecule has 3 heteroatoms. The van der Waals surface area contributed by atoms with Crippen molar-refractivity contribution in [1.82, 2.24) is 4.98 Å². The lowest BCUT2D eigenvalue weighted by atomic mass is 10.2. The van der Waals surface area contributed by atoms with Crippen molar-refractivity contribution in [3.8, 4) is 0 Å². The van der Waals surface area contributed by atoms with Gasteiger partial charge in [-0.05, 0) is 39.3 Å². The minimum absolute atomic E-state index is 0.00715. The molecule has 0 unspecified atom stereocenters. The highest BCUT2D eigenvalue weighted by molar-refractivity contribution is 5.45. The molecule has 90 valence electrons. The molecule has 0 fully saturated rings. The zero-order chi connectivity index (χ0) is 12.1. The van der Waals surface area contributed by atoms with Gasteiger partial charge in [-0.3, -0.25) is 4.98 Å². The maximum atomic E-state index is 5.78. The Bertz CT molecular complexity index is 303. The first-order valence-corrected chi connectivity index (χ1v) is 6.04. The van der Waals surface area contributed by atoms with Crippen LogP contribution in [0.1, 0.15) is 45.9 Å². The molecule has 16 heavy (non-hydrogen) atoms. The van der Waals surface area contributed by atoms with E-state index in [9.17, 15) is 0 Å². The quantitative estimate of drug-likeness (QED) is 0.831. The first-order valence-electron chi connectivity index (χ1n) is 6.04. The summed E-state index contributed by atoms with van der Waals surface area (Å²) in [5, 5.41) is 0. The van der Waals surface area contributed by atoms with E-state index in [0.29, 0.717) is 6.04 Å². The molecule has 0 aliphatic rings. The van der Waals surface area contributed by atoms with Crippen LogP contribution >= 0.6 is 0 Å². The molecule has 1 aromatic rings. The zero-order valence-electron chi connectivity index (χ0n) is 10.8. The van der Waals surface area contributed by atoms with Gasteiger partial charge in [-0.2, -0.15) is 0 Å². The third kappa shape index (κ3) is 3.20. The molecular weight excluding hydrogens is 198 g/mol. The van der Waals surface area contributed by atoms with E-state index in [4.69, 9.17) is 5.73 Å². The minimum atomic E-state index is 0.00715. The van der Waals surface area contributed by atoms with E-state index in [1.54, 1.807) is 0 Å². The summed E-state index contributed by atoms with van der Waals surface area (Å²) in [5.74, 6) is 0. The van der Waals surface area contributed by atoms with Gasteiger partial charge in [0.1, 0.15) is 0 Å². The number of anilines is 1. The average Bonchev–Trinajstić information content (AvgIpc) is 2.25. The predicted octanol–water partition coefficient (Wildman–Crippen LogP) is 2.73. The van der Waals surface area contributed by atoms with E-state index < -0.39 is 0 Å². The lowest BCUT2D eigenvalue weighted by Gasteiger charge is -2.28. The molecular formula is C13H23N3. The van der Waals surface area contributed by atoms with Crippen LogP contribution in [0.4, 0.5) is 5.69 Å². The third-order valence-electron chi connectivity index (χ3n) is 2.66. The van der Waals surface area contributed by atoms with Gasteiger partial charge < -0.3 is 10.6 Å². The fraction of sp³-hybridized carbons (Fsp3) is 0.615. The molecule has 0 saturated carbocycles. The van der Waals surface area contributed by atoms with E-state index in [1.807, 2.05) is 19.2 Å². The van der Waals surface area contributed by atoms with Gasteiger partial charge in [-0.15, -0.1) is 0 Å². The Hall–Kier alpha value is -1.09. The molecule has 1 atom stereocenters. The van der Waals surface area contributed by atoms with Gasteiger partial charge >= 0.3 is 0 Å². The lowest BCUT2D eigenvalue weighted by Crippen LogP contribution is -2.31. The number of nitrogens with zero attached hydrogens (tertiary/aromatic N) is 2. The topological polar surface area (TPSA) is 42.1 Å². The Kier molecular flexibility index (Phi) is 4.74. The van der Waals surface area contributed by atoms with E-state index in [2.05, 4.69) is 36.7 Å². The fourth-order valence-corrected chi connectivity index (χ4v) is 1.76. The summed E-state index contributed by atoms with van der Waals surface area (Å²) >= 11 is 0. The van der Waals surface area contributed by atoms with E-state index in [1.165, 1.54) is 5.69 Å². The Labute approximate surface area is 98.7 Å². The van der Waals surface area contributed by atoms with Gasteiger partial charge in [0.05, 0.1) is 17.6 Å². The number of rotatable bonds is 5. The van der Waals surface area contributed by atoms with E-state index in [-0.39, 0.29) is 6.04 Å². The molecule has 1 aromatic heterocycles. The van der Waals surface area contributed by atoms with Crippen LogP contribution in [0.3, 0.4) is 0 Å². The Morgan fingerprint density at radius 2 is 2.00 bits per heavy atom. The van der Waals surface area contributed by atoms with E-state index in [0.717, 1.165) is 18.7 Å². The van der Waals surface area contributed by atoms with Crippen LogP contribution in [0, 0.1) is 0 Å². The first kappa shape index (κ1) is 13.0. The molecule has 1 rings (SSSR count). The Morgan fingerprint density at radius 1 is 1.31 bits per heavy atom. The van der Waals surface area contributed by atoms with Crippen molar-refractivity contribution in [3.63, 3.8) is 0 Å². The number of aromatic nitrogens is 1. The van der Waals surface area contributed by atoms with Crippen molar-refractivity contribution in [1.29, 1.82) is 0 Å². The lowest BCUT2D eigenvalue weighted by molar-refractivity contribution is 0.668. The first-order chi connectivity index (χ1) is 7.56. The summed E-state index contributed by atoms with van der Waals surface area (Å²) in [7, 11) is 0. The molecule has 0 aliphatic heterocycles. The maximum absolute atomic E-state index is 5.78. The summed E-state index contributed by atoms with van der Waals surface area (Å²) in [6.07, 6.45) is 3.07. The summed E-state index contributed by atoms with van der Waals surface area (Å²) in [6.45, 7) is 9.62. The van der Waals surface area contributed by atoms with Crippen LogP contribution in [0.15, 0.2) is 18.3 Å². The molecule has 0 amide bonds. The highest BCUT2D eigenvalue weighted by atomic mass is 15.2. The van der Waals surface area contributed by atoms with Crippen molar-refractivity contribution in [3.05, 3.63) is 24.0 Å². The molecule has 0 aromatic carbocycles. The number of nitrogens with two attached hydrogens (primary N) is 1. The summed E-state index contributed by atoms with van der Waals surface area (Å²) in [4.78, 5) is 6.76. The summed E-state index contributed by atoms with van der Waals surface area (Å²) in [5.41, 5.74) is 7.91. The molecule has 0 aliphatic carbocycles. The van der Waals surface area contributed by atoms with E-state index >= 15 is 0 Å². The molecule has 0 radical (unpaired) electrons. The highest BCUT2D eigenvalue weighted by Crippen LogP contribution is 2.18. The van der Waals surface area contributed by atoms with Gasteiger partial charge in [0, 0.05) is 18.6 Å². The van der Waals surface area contributed by atoms with Crippen molar-refractivity contribution in [2.75, 3.05) is 11.4 Å². The van der Waals surface area contributed by atoms with Crippen LogP contribution in [0.5, 0.6) is 0 Å². The Morgan fingerprint density at radius 3 is 2.38 bits per heavy atom. The predicted molar refractivity (Wildman–Crippen MR) is 69.6 cm³/mol. The van der Waals surface area contributed by atoms with Gasteiger partial charge in [0.2, 0.25) is 0 Å². The average molecular weight is 221 g/mol. The SMILES string of the molecule is CCCN(c1ccc([C@@H](C)N)nc1)C(C)C. The highest BCUT2D eigenvalue weighted by Gasteiger charge is 2.10. The fourth-order valence-electron chi connectivity index (χ4n) is 1.76. The number of hydrogen-bond donors (Lipinski definition) is 1. The number of pyridine rings is 1. The van der Waals surface area contributed by atoms with Crippen LogP contribution in [0.2, 0.25) is 0 Å². The zero-order valence-corrected chi connectivity index (χ0v) is 10.8. The third-order valence-corrected chi connectivity index (χ3v) is 2.66. The van der Waals surface area contributed by atoms with Crippen molar-refractivity contribution >= 4 is 5.69 Å². The summed E-state index contributed by atoms with van der Waals surface area (Å²) in [6, 6.07) is 4.64. The molecule has 0 bridgehead atoms. The van der Waals surface area contributed by atoms with Gasteiger partial charge in [0.25, 0.3) is 0 Å². The second-order valence-corrected chi connectivity index (χ2v) is 4.52. The monoisotopic (exact) mass is 221 g/mol.